The van der Waals surface area contributed by atoms with E-state index in [1.165, 1.54) is 0 Å². The summed E-state index contributed by atoms with van der Waals surface area (Å²) in [5, 5.41) is 0.850. The Morgan fingerprint density at radius 1 is 1.39 bits per heavy atom. The zero-order valence-corrected chi connectivity index (χ0v) is 14.7. The van der Waals surface area contributed by atoms with Crippen LogP contribution in [-0.2, 0) is 14.3 Å². The van der Waals surface area contributed by atoms with E-state index in [2.05, 4.69) is 24.1 Å². The summed E-state index contributed by atoms with van der Waals surface area (Å²) in [4.78, 5) is 26.0. The summed E-state index contributed by atoms with van der Waals surface area (Å²) in [7, 11) is 0. The molecule has 122 valence electrons. The molecule has 0 radical (unpaired) electrons. The first kappa shape index (κ1) is 17.7. The van der Waals surface area contributed by atoms with Crippen molar-refractivity contribution in [1.82, 2.24) is 0 Å². The lowest BCUT2D eigenvalue weighted by Gasteiger charge is -2.21. The predicted molar refractivity (Wildman–Crippen MR) is 96.7 cm³/mol. The van der Waals surface area contributed by atoms with Crippen molar-refractivity contribution in [2.45, 2.75) is 24.7 Å². The molecule has 0 aliphatic carbocycles. The van der Waals surface area contributed by atoms with Crippen LogP contribution in [0.1, 0.15) is 19.8 Å². The van der Waals surface area contributed by atoms with Crippen LogP contribution in [0.2, 0.25) is 0 Å². The number of hydrogen-bond donors (Lipinski definition) is 1. The van der Waals surface area contributed by atoms with Crippen LogP contribution in [0, 0.1) is 0 Å². The Labute approximate surface area is 146 Å². The van der Waals surface area contributed by atoms with Crippen molar-refractivity contribution in [1.29, 1.82) is 0 Å². The van der Waals surface area contributed by atoms with E-state index in [9.17, 15) is 9.59 Å². The Hall–Kier alpha value is -1.66. The number of anilines is 1. The SMILES string of the molecule is C=C(C)C(=O)OCCCCN1/C(=C(/S)C=O)Sc2ccccc21. The van der Waals surface area contributed by atoms with Crippen LogP contribution in [-0.4, -0.2) is 25.4 Å². The molecule has 23 heavy (non-hydrogen) atoms. The molecule has 0 atom stereocenters. The summed E-state index contributed by atoms with van der Waals surface area (Å²) in [5.41, 5.74) is 1.49. The fraction of sp³-hybridized carbons (Fsp3) is 0.294. The van der Waals surface area contributed by atoms with Crippen molar-refractivity contribution in [2.75, 3.05) is 18.1 Å². The molecule has 0 fully saturated rings. The second kappa shape index (κ2) is 8.26. The number of rotatable bonds is 7. The number of esters is 1. The van der Waals surface area contributed by atoms with Crippen molar-refractivity contribution in [3.63, 3.8) is 0 Å². The standard InChI is InChI=1S/C17H19NO3S2/c1-12(2)17(20)21-10-6-5-9-18-13-7-3-4-8-15(13)23-16(18)14(22)11-19/h3-4,7-8,11,22H,1,5-6,9-10H2,2H3/b16-14-. The minimum Gasteiger partial charge on any atom is -0.462 e. The summed E-state index contributed by atoms with van der Waals surface area (Å²) in [6.07, 6.45) is 2.35. The van der Waals surface area contributed by atoms with E-state index in [0.717, 1.165) is 41.3 Å². The molecule has 1 heterocycles. The van der Waals surface area contributed by atoms with Gasteiger partial charge in [-0.25, -0.2) is 4.79 Å². The molecule has 2 rings (SSSR count). The van der Waals surface area contributed by atoms with Crippen LogP contribution in [0.3, 0.4) is 0 Å². The number of aldehydes is 1. The molecule has 0 bridgehead atoms. The maximum Gasteiger partial charge on any atom is 0.333 e. The van der Waals surface area contributed by atoms with Gasteiger partial charge in [0.05, 0.1) is 22.2 Å². The van der Waals surface area contributed by atoms with Gasteiger partial charge in [-0.15, -0.1) is 12.6 Å². The lowest BCUT2D eigenvalue weighted by atomic mass is 10.2. The normalized spacial score (nSPS) is 15.1. The number of carbonyl (C=O) groups is 2. The fourth-order valence-corrected chi connectivity index (χ4v) is 3.51. The number of fused-ring (bicyclic) bond motifs is 1. The molecule has 0 N–H and O–H groups in total. The zero-order chi connectivity index (χ0) is 16.8. The summed E-state index contributed by atoms with van der Waals surface area (Å²) in [6.45, 7) is 6.29. The van der Waals surface area contributed by atoms with Crippen LogP contribution >= 0.6 is 24.4 Å². The Kier molecular flexibility index (Phi) is 6.36. The molecule has 1 aromatic rings. The van der Waals surface area contributed by atoms with Gasteiger partial charge in [-0.1, -0.05) is 30.5 Å². The van der Waals surface area contributed by atoms with Crippen molar-refractivity contribution in [3.8, 4) is 0 Å². The number of nitrogens with zero attached hydrogens (tertiary/aromatic N) is 1. The number of allylic oxidation sites excluding steroid dienone is 1. The van der Waals surface area contributed by atoms with Crippen LogP contribution < -0.4 is 4.90 Å². The molecule has 6 heteroatoms. The lowest BCUT2D eigenvalue weighted by molar-refractivity contribution is -0.139. The number of thioether (sulfide) groups is 1. The van der Waals surface area contributed by atoms with Gasteiger partial charge in [0.25, 0.3) is 0 Å². The molecular weight excluding hydrogens is 330 g/mol. The first-order chi connectivity index (χ1) is 11.0. The summed E-state index contributed by atoms with van der Waals surface area (Å²) in [5.74, 6) is -0.355. The van der Waals surface area contributed by atoms with E-state index in [1.807, 2.05) is 24.3 Å². The molecule has 4 nitrogen and oxygen atoms in total. The fourth-order valence-electron chi connectivity index (χ4n) is 2.16. The van der Waals surface area contributed by atoms with Gasteiger partial charge in [-0.2, -0.15) is 0 Å². The molecule has 0 saturated carbocycles. The van der Waals surface area contributed by atoms with E-state index in [4.69, 9.17) is 4.74 Å². The molecule has 0 aromatic heterocycles. The largest absolute Gasteiger partial charge is 0.462 e. The second-order valence-electron chi connectivity index (χ2n) is 5.15. The quantitative estimate of drug-likeness (QED) is 0.267. The predicted octanol–water partition coefficient (Wildman–Crippen LogP) is 3.80. The lowest BCUT2D eigenvalue weighted by Crippen LogP contribution is -2.20. The van der Waals surface area contributed by atoms with Crippen LogP contribution in [0.5, 0.6) is 0 Å². The monoisotopic (exact) mass is 349 g/mol. The van der Waals surface area contributed by atoms with Crippen LogP contribution in [0.25, 0.3) is 0 Å². The molecule has 0 amide bonds. The van der Waals surface area contributed by atoms with E-state index in [1.54, 1.807) is 18.7 Å². The van der Waals surface area contributed by atoms with E-state index >= 15 is 0 Å². The molecule has 0 unspecified atom stereocenters. The van der Waals surface area contributed by atoms with Crippen LogP contribution in [0.4, 0.5) is 5.69 Å². The number of benzene rings is 1. The van der Waals surface area contributed by atoms with Gasteiger partial charge in [0, 0.05) is 17.0 Å². The Morgan fingerprint density at radius 2 is 2.13 bits per heavy atom. The molecule has 1 aromatic carbocycles. The van der Waals surface area contributed by atoms with Crippen molar-refractivity contribution >= 4 is 42.3 Å². The number of unbranched alkanes of at least 4 members (excludes halogenated alkanes) is 1. The number of para-hydroxylation sites is 1. The van der Waals surface area contributed by atoms with Gasteiger partial charge in [0.15, 0.2) is 6.29 Å². The maximum absolute atomic E-state index is 11.3. The van der Waals surface area contributed by atoms with Crippen molar-refractivity contribution in [2.24, 2.45) is 0 Å². The number of ether oxygens (including phenoxy) is 1. The van der Waals surface area contributed by atoms with E-state index in [0.29, 0.717) is 17.1 Å². The third kappa shape index (κ3) is 4.42. The zero-order valence-electron chi connectivity index (χ0n) is 12.9. The average molecular weight is 349 g/mol. The topological polar surface area (TPSA) is 46.6 Å². The first-order valence-corrected chi connectivity index (χ1v) is 8.56. The minimum atomic E-state index is -0.355. The summed E-state index contributed by atoms with van der Waals surface area (Å²) >= 11 is 5.82. The number of hydrogen-bond acceptors (Lipinski definition) is 6. The van der Waals surface area contributed by atoms with E-state index in [-0.39, 0.29) is 5.97 Å². The van der Waals surface area contributed by atoms with Gasteiger partial charge in [0.2, 0.25) is 0 Å². The van der Waals surface area contributed by atoms with Gasteiger partial charge in [-0.3, -0.25) is 4.79 Å². The van der Waals surface area contributed by atoms with E-state index < -0.39 is 0 Å². The second-order valence-corrected chi connectivity index (χ2v) is 6.67. The highest BCUT2D eigenvalue weighted by Crippen LogP contribution is 2.47. The molecule has 0 saturated heterocycles. The first-order valence-electron chi connectivity index (χ1n) is 7.30. The van der Waals surface area contributed by atoms with Gasteiger partial charge in [0.1, 0.15) is 0 Å². The molecule has 1 aliphatic heterocycles. The third-order valence-electron chi connectivity index (χ3n) is 3.30. The average Bonchev–Trinajstić information content (AvgIpc) is 2.92. The van der Waals surface area contributed by atoms with Crippen molar-refractivity contribution in [3.05, 3.63) is 46.4 Å². The van der Waals surface area contributed by atoms with Gasteiger partial charge in [-0.05, 0) is 31.9 Å². The highest BCUT2D eigenvalue weighted by atomic mass is 32.2. The third-order valence-corrected chi connectivity index (χ3v) is 4.96. The number of thiol groups is 1. The minimum absolute atomic E-state index is 0.355. The maximum atomic E-state index is 11.3. The number of carbonyl (C=O) groups excluding carboxylic acids is 2. The Morgan fingerprint density at radius 3 is 2.83 bits per heavy atom. The smallest absolute Gasteiger partial charge is 0.333 e. The highest BCUT2D eigenvalue weighted by molar-refractivity contribution is 8.04. The van der Waals surface area contributed by atoms with Crippen molar-refractivity contribution < 1.29 is 14.3 Å². The van der Waals surface area contributed by atoms with Crippen LogP contribution in [0.15, 0.2) is 51.2 Å². The molecule has 1 aliphatic rings. The Bertz CT molecular complexity index is 655. The summed E-state index contributed by atoms with van der Waals surface area (Å²) < 4.78 is 5.09. The Balaban J connectivity index is 1.95. The van der Waals surface area contributed by atoms with Gasteiger partial charge < -0.3 is 9.64 Å². The molecule has 0 spiro atoms. The summed E-state index contributed by atoms with van der Waals surface area (Å²) in [6, 6.07) is 8.01. The highest BCUT2D eigenvalue weighted by Gasteiger charge is 2.26. The van der Waals surface area contributed by atoms with Gasteiger partial charge >= 0.3 is 5.97 Å². The molecular formula is C17H19NO3S2.